The summed E-state index contributed by atoms with van der Waals surface area (Å²) in [4.78, 5) is 58.4. The van der Waals surface area contributed by atoms with E-state index in [0.29, 0.717) is 25.9 Å². The second kappa shape index (κ2) is 21.5. The third kappa shape index (κ3) is 12.0. The van der Waals surface area contributed by atoms with Gasteiger partial charge in [-0.2, -0.15) is 0 Å². The van der Waals surface area contributed by atoms with Gasteiger partial charge in [-0.15, -0.1) is 0 Å². The molecule has 1 aromatic carbocycles. The highest BCUT2D eigenvalue weighted by molar-refractivity contribution is 5.90. The summed E-state index contributed by atoms with van der Waals surface area (Å²) in [5.41, 5.74) is 7.13. The molecule has 5 N–H and O–H groups in total. The second-order valence-electron chi connectivity index (χ2n) is 15.0. The van der Waals surface area contributed by atoms with Gasteiger partial charge in [-0.1, -0.05) is 85.2 Å². The molecule has 51 heavy (non-hydrogen) atoms. The molecule has 0 radical (unpaired) electrons. The lowest BCUT2D eigenvalue weighted by molar-refractivity contribution is -0.147. The quantitative estimate of drug-likeness (QED) is 0.152. The molecule has 1 fully saturated rings. The summed E-state index contributed by atoms with van der Waals surface area (Å²) >= 11 is 0. The van der Waals surface area contributed by atoms with Crippen LogP contribution in [0.25, 0.3) is 0 Å². The maximum atomic E-state index is 14.1. The maximum absolute atomic E-state index is 14.1. The molecule has 1 aliphatic rings. The van der Waals surface area contributed by atoms with Crippen molar-refractivity contribution in [3.8, 4) is 0 Å². The van der Waals surface area contributed by atoms with Gasteiger partial charge >= 0.3 is 0 Å². The highest BCUT2D eigenvalue weighted by Gasteiger charge is 2.43. The van der Waals surface area contributed by atoms with Gasteiger partial charge in [0.2, 0.25) is 23.6 Å². The number of methoxy groups -OCH3 is 2. The van der Waals surface area contributed by atoms with Crippen molar-refractivity contribution < 1.29 is 28.7 Å². The van der Waals surface area contributed by atoms with Crippen molar-refractivity contribution in [2.45, 2.75) is 123 Å². The summed E-state index contributed by atoms with van der Waals surface area (Å²) in [6.45, 7) is 14.5. The molecule has 0 aromatic heterocycles. The van der Waals surface area contributed by atoms with Crippen molar-refractivity contribution in [2.24, 2.45) is 29.4 Å². The summed E-state index contributed by atoms with van der Waals surface area (Å²) in [6.07, 6.45) is 1.79. The van der Waals surface area contributed by atoms with Crippen molar-refractivity contribution in [2.75, 3.05) is 41.4 Å². The average Bonchev–Trinajstić information content (AvgIpc) is 3.59. The molecule has 4 amide bonds. The summed E-state index contributed by atoms with van der Waals surface area (Å²) < 4.78 is 12.0. The number of nitrogens with one attached hydrogen (secondary N) is 3. The molecular formula is C39H68N6O6. The fourth-order valence-corrected chi connectivity index (χ4v) is 7.47. The number of hydrogen-bond acceptors (Lipinski definition) is 8. The predicted molar refractivity (Wildman–Crippen MR) is 202 cm³/mol. The summed E-state index contributed by atoms with van der Waals surface area (Å²) in [7, 11) is 6.63. The molecule has 1 heterocycles. The van der Waals surface area contributed by atoms with Gasteiger partial charge in [-0.05, 0) is 49.6 Å². The monoisotopic (exact) mass is 717 g/mol. The minimum absolute atomic E-state index is 0.00266. The SMILES string of the molecule is CC[C@H](C)[C@@H]([C@@H](CC(=O)N1CCC[C@H]1[C@H](OC)[C@@H](C)C(=O)N[C@H](CN)Cc1ccccc1)OC)N(C)C(=O)[C@@H](NC(=O)C(NC)C(C)C)C(C)C. The van der Waals surface area contributed by atoms with E-state index in [1.807, 2.05) is 76.8 Å². The predicted octanol–water partition coefficient (Wildman–Crippen LogP) is 2.98. The highest BCUT2D eigenvalue weighted by atomic mass is 16.5. The Kier molecular flexibility index (Phi) is 18.6. The van der Waals surface area contributed by atoms with E-state index in [-0.39, 0.29) is 59.9 Å². The Balaban J connectivity index is 2.24. The van der Waals surface area contributed by atoms with Gasteiger partial charge in [0.05, 0.1) is 42.7 Å². The van der Waals surface area contributed by atoms with Crippen molar-refractivity contribution >= 4 is 23.6 Å². The standard InChI is InChI=1S/C39H68N6O6/c1-12-26(6)35(44(9)39(49)34(25(4)5)43-38(48)33(41-8)24(2)3)31(50-10)22-32(46)45-20-16-19-30(45)36(51-11)27(7)37(47)42-29(23-40)21-28-17-14-13-15-18-28/h13-15,17-18,24-27,29-31,33-36,41H,12,16,19-23,40H2,1-11H3,(H,42,47)(H,43,48)/t26-,27+,29-,30-,31+,33?,34-,35-,36+/m0/s1. The van der Waals surface area contributed by atoms with Gasteiger partial charge in [0.1, 0.15) is 6.04 Å². The number of amides is 4. The maximum Gasteiger partial charge on any atom is 0.245 e. The van der Waals surface area contributed by atoms with Gasteiger partial charge in [0.25, 0.3) is 0 Å². The van der Waals surface area contributed by atoms with Crippen molar-refractivity contribution in [3.05, 3.63) is 35.9 Å². The molecular weight excluding hydrogens is 648 g/mol. The van der Waals surface area contributed by atoms with E-state index in [2.05, 4.69) is 22.9 Å². The fraction of sp³-hybridized carbons (Fsp3) is 0.744. The molecule has 12 nitrogen and oxygen atoms in total. The first-order valence-corrected chi connectivity index (χ1v) is 18.8. The van der Waals surface area contributed by atoms with Crippen LogP contribution < -0.4 is 21.7 Å². The first kappa shape index (κ1) is 44.1. The van der Waals surface area contributed by atoms with Gasteiger partial charge in [-0.3, -0.25) is 19.2 Å². The van der Waals surface area contributed by atoms with E-state index in [1.54, 1.807) is 33.2 Å². The van der Waals surface area contributed by atoms with E-state index in [4.69, 9.17) is 15.2 Å². The number of benzene rings is 1. The molecule has 1 aliphatic heterocycles. The van der Waals surface area contributed by atoms with Crippen LogP contribution in [0, 0.1) is 23.7 Å². The molecule has 290 valence electrons. The average molecular weight is 717 g/mol. The zero-order valence-corrected chi connectivity index (χ0v) is 33.1. The molecule has 2 rings (SSSR count). The van der Waals surface area contributed by atoms with Crippen LogP contribution in [0.4, 0.5) is 0 Å². The van der Waals surface area contributed by atoms with Crippen LogP contribution in [-0.2, 0) is 35.1 Å². The van der Waals surface area contributed by atoms with Crippen molar-refractivity contribution in [1.29, 1.82) is 0 Å². The molecule has 0 spiro atoms. The number of nitrogens with zero attached hydrogens (tertiary/aromatic N) is 2. The highest BCUT2D eigenvalue weighted by Crippen LogP contribution is 2.29. The van der Waals surface area contributed by atoms with E-state index in [0.717, 1.165) is 18.4 Å². The third-order valence-corrected chi connectivity index (χ3v) is 10.7. The molecule has 1 saturated heterocycles. The Morgan fingerprint density at radius 2 is 1.57 bits per heavy atom. The van der Waals surface area contributed by atoms with Crippen molar-refractivity contribution in [3.63, 3.8) is 0 Å². The zero-order chi connectivity index (χ0) is 38.4. The van der Waals surface area contributed by atoms with Crippen LogP contribution in [0.3, 0.4) is 0 Å². The van der Waals surface area contributed by atoms with E-state index in [9.17, 15) is 19.2 Å². The van der Waals surface area contributed by atoms with Gasteiger partial charge in [0, 0.05) is 40.4 Å². The van der Waals surface area contributed by atoms with Crippen LogP contribution in [0.5, 0.6) is 0 Å². The molecule has 1 aromatic rings. The second-order valence-corrected chi connectivity index (χ2v) is 15.0. The Labute approximate surface area is 307 Å². The number of ether oxygens (including phenoxy) is 2. The first-order valence-electron chi connectivity index (χ1n) is 18.8. The lowest BCUT2D eigenvalue weighted by Gasteiger charge is -2.41. The fourth-order valence-electron chi connectivity index (χ4n) is 7.47. The van der Waals surface area contributed by atoms with Crippen LogP contribution in [0.2, 0.25) is 0 Å². The van der Waals surface area contributed by atoms with E-state index < -0.39 is 36.3 Å². The smallest absolute Gasteiger partial charge is 0.245 e. The van der Waals surface area contributed by atoms with Crippen LogP contribution in [-0.4, -0.2) is 117 Å². The first-order chi connectivity index (χ1) is 24.2. The Bertz CT molecular complexity index is 1230. The molecule has 0 saturated carbocycles. The van der Waals surface area contributed by atoms with Crippen LogP contribution >= 0.6 is 0 Å². The zero-order valence-electron chi connectivity index (χ0n) is 33.1. The summed E-state index contributed by atoms with van der Waals surface area (Å²) in [6, 6.07) is 7.76. The van der Waals surface area contributed by atoms with Gasteiger partial charge in [-0.25, -0.2) is 0 Å². The summed E-state index contributed by atoms with van der Waals surface area (Å²) in [5.74, 6) is -1.39. The molecule has 0 bridgehead atoms. The number of rotatable bonds is 21. The Morgan fingerprint density at radius 1 is 0.941 bits per heavy atom. The number of nitrogens with two attached hydrogens (primary N) is 1. The Morgan fingerprint density at radius 3 is 2.08 bits per heavy atom. The van der Waals surface area contributed by atoms with Gasteiger partial charge in [0.15, 0.2) is 0 Å². The lowest BCUT2D eigenvalue weighted by Crippen LogP contribution is -2.59. The Hall–Kier alpha value is -3.06. The minimum atomic E-state index is -0.749. The molecule has 12 heteroatoms. The number of likely N-dealkylation sites (tertiary alicyclic amines) is 1. The normalized spacial score (nSPS) is 19.5. The topological polar surface area (TPSA) is 155 Å². The number of likely N-dealkylation sites (N-methyl/N-ethyl adjacent to an activating group) is 2. The van der Waals surface area contributed by atoms with E-state index >= 15 is 0 Å². The van der Waals surface area contributed by atoms with E-state index in [1.165, 1.54) is 0 Å². The molecule has 0 aliphatic carbocycles. The molecule has 1 unspecified atom stereocenters. The number of carbonyl (C=O) groups is 4. The van der Waals surface area contributed by atoms with Gasteiger partial charge < -0.3 is 41.0 Å². The summed E-state index contributed by atoms with van der Waals surface area (Å²) in [5, 5.41) is 9.15. The third-order valence-electron chi connectivity index (χ3n) is 10.7. The molecule has 9 atom stereocenters. The lowest BCUT2D eigenvalue weighted by atomic mass is 9.89. The van der Waals surface area contributed by atoms with Crippen molar-refractivity contribution in [1.82, 2.24) is 25.8 Å². The number of carbonyl (C=O) groups excluding carboxylic acids is 4. The minimum Gasteiger partial charge on any atom is -0.379 e. The van der Waals surface area contributed by atoms with Crippen LogP contribution in [0.15, 0.2) is 30.3 Å². The largest absolute Gasteiger partial charge is 0.379 e. The van der Waals surface area contributed by atoms with Crippen LogP contribution in [0.1, 0.15) is 79.7 Å². The number of hydrogen-bond donors (Lipinski definition) is 4.